The van der Waals surface area contributed by atoms with Crippen molar-refractivity contribution in [3.63, 3.8) is 0 Å². The van der Waals surface area contributed by atoms with Gasteiger partial charge in [0.15, 0.2) is 0 Å². The Kier molecular flexibility index (Phi) is 4.55. The van der Waals surface area contributed by atoms with Crippen molar-refractivity contribution < 1.29 is 13.9 Å². The van der Waals surface area contributed by atoms with Crippen molar-refractivity contribution in [1.82, 2.24) is 0 Å². The topological polar surface area (TPSA) is 20.2 Å². The van der Waals surface area contributed by atoms with Gasteiger partial charge in [-0.25, -0.2) is 8.78 Å². The first-order valence-electron chi connectivity index (χ1n) is 6.28. The molecular formula is C16H15BrF2O. The zero-order valence-electron chi connectivity index (χ0n) is 11.0. The van der Waals surface area contributed by atoms with Gasteiger partial charge in [-0.3, -0.25) is 0 Å². The molecule has 1 atom stereocenters. The van der Waals surface area contributed by atoms with E-state index in [4.69, 9.17) is 0 Å². The highest BCUT2D eigenvalue weighted by Gasteiger charge is 2.26. The van der Waals surface area contributed by atoms with Crippen LogP contribution >= 0.6 is 15.9 Å². The number of halogens is 3. The summed E-state index contributed by atoms with van der Waals surface area (Å²) in [6, 6.07) is 11.9. The molecule has 1 nitrogen and oxygen atoms in total. The van der Waals surface area contributed by atoms with Crippen LogP contribution in [0.2, 0.25) is 0 Å². The van der Waals surface area contributed by atoms with E-state index in [0.717, 1.165) is 5.56 Å². The van der Waals surface area contributed by atoms with Crippen LogP contribution in [0.5, 0.6) is 0 Å². The third-order valence-electron chi connectivity index (χ3n) is 3.12. The minimum Gasteiger partial charge on any atom is -0.389 e. The molecular weight excluding hydrogens is 326 g/mol. The summed E-state index contributed by atoms with van der Waals surface area (Å²) in [6.07, 6.45) is 0.248. The molecule has 0 fully saturated rings. The average Bonchev–Trinajstić information content (AvgIpc) is 2.40. The summed E-state index contributed by atoms with van der Waals surface area (Å²) in [5.41, 5.74) is -0.391. The molecule has 20 heavy (non-hydrogen) atoms. The Hall–Kier alpha value is -1.26. The molecule has 4 heteroatoms. The maximum Gasteiger partial charge on any atom is 0.143 e. The highest BCUT2D eigenvalue weighted by atomic mass is 79.9. The molecule has 0 bridgehead atoms. The van der Waals surface area contributed by atoms with Crippen molar-refractivity contribution in [2.45, 2.75) is 25.4 Å². The van der Waals surface area contributed by atoms with Crippen LogP contribution in [-0.2, 0) is 12.8 Å². The molecule has 2 aromatic carbocycles. The predicted octanol–water partition coefficient (Wildman–Crippen LogP) is 4.26. The quantitative estimate of drug-likeness (QED) is 0.824. The van der Waals surface area contributed by atoms with Crippen molar-refractivity contribution in [2.24, 2.45) is 0 Å². The van der Waals surface area contributed by atoms with Crippen LogP contribution in [-0.4, -0.2) is 10.7 Å². The van der Waals surface area contributed by atoms with Gasteiger partial charge >= 0.3 is 0 Å². The van der Waals surface area contributed by atoms with Crippen molar-refractivity contribution in [1.29, 1.82) is 0 Å². The average molecular weight is 341 g/mol. The number of benzene rings is 2. The molecule has 0 heterocycles. The Bertz CT molecular complexity index is 597. The van der Waals surface area contributed by atoms with Gasteiger partial charge in [-0.15, -0.1) is 0 Å². The van der Waals surface area contributed by atoms with Gasteiger partial charge in [0, 0.05) is 18.4 Å². The van der Waals surface area contributed by atoms with E-state index in [0.29, 0.717) is 6.42 Å². The first-order chi connectivity index (χ1) is 9.39. The van der Waals surface area contributed by atoms with E-state index in [-0.39, 0.29) is 16.5 Å². The summed E-state index contributed by atoms with van der Waals surface area (Å²) < 4.78 is 27.9. The molecule has 0 spiro atoms. The molecule has 0 aliphatic carbocycles. The third kappa shape index (κ3) is 3.64. The molecule has 0 saturated heterocycles. The van der Waals surface area contributed by atoms with E-state index in [1.54, 1.807) is 6.92 Å². The fraction of sp³-hybridized carbons (Fsp3) is 0.250. The van der Waals surface area contributed by atoms with Crippen molar-refractivity contribution >= 4 is 15.9 Å². The van der Waals surface area contributed by atoms with E-state index in [1.807, 2.05) is 30.3 Å². The Labute approximate surface area is 125 Å². The normalized spacial score (nSPS) is 14.1. The van der Waals surface area contributed by atoms with Gasteiger partial charge in [0.25, 0.3) is 0 Å². The molecule has 0 amide bonds. The zero-order valence-corrected chi connectivity index (χ0v) is 12.6. The predicted molar refractivity (Wildman–Crippen MR) is 78.5 cm³/mol. The van der Waals surface area contributed by atoms with Gasteiger partial charge < -0.3 is 5.11 Å². The lowest BCUT2D eigenvalue weighted by Crippen LogP contribution is -2.31. The second kappa shape index (κ2) is 6.02. The van der Waals surface area contributed by atoms with Gasteiger partial charge in [0.2, 0.25) is 0 Å². The van der Waals surface area contributed by atoms with E-state index in [1.165, 1.54) is 12.1 Å². The van der Waals surface area contributed by atoms with Gasteiger partial charge in [-0.05, 0) is 40.5 Å². The highest BCUT2D eigenvalue weighted by Crippen LogP contribution is 2.26. The minimum atomic E-state index is -1.22. The van der Waals surface area contributed by atoms with Gasteiger partial charge in [0.05, 0.1) is 10.1 Å². The second-order valence-corrected chi connectivity index (χ2v) is 6.01. The SMILES string of the molecule is CC(O)(Cc1ccccc1)Cc1c(F)ccc(Br)c1F. The maximum atomic E-state index is 13.9. The summed E-state index contributed by atoms with van der Waals surface area (Å²) >= 11 is 3.03. The fourth-order valence-corrected chi connectivity index (χ4v) is 2.58. The smallest absolute Gasteiger partial charge is 0.143 e. The van der Waals surface area contributed by atoms with Gasteiger partial charge in [0.1, 0.15) is 11.6 Å². The monoisotopic (exact) mass is 340 g/mol. The number of aliphatic hydroxyl groups is 1. The zero-order chi connectivity index (χ0) is 14.8. The summed E-state index contributed by atoms with van der Waals surface area (Å²) in [7, 11) is 0. The van der Waals surface area contributed by atoms with E-state index >= 15 is 0 Å². The van der Waals surface area contributed by atoms with Gasteiger partial charge in [-0.1, -0.05) is 30.3 Å². The molecule has 0 aliphatic rings. The summed E-state index contributed by atoms with van der Waals surface area (Å²) in [4.78, 5) is 0. The molecule has 0 aromatic heterocycles. The molecule has 106 valence electrons. The lowest BCUT2D eigenvalue weighted by Gasteiger charge is -2.24. The van der Waals surface area contributed by atoms with Crippen LogP contribution in [0.15, 0.2) is 46.9 Å². The van der Waals surface area contributed by atoms with Crippen molar-refractivity contribution in [3.8, 4) is 0 Å². The Morgan fingerprint density at radius 1 is 1.05 bits per heavy atom. The van der Waals surface area contributed by atoms with E-state index in [9.17, 15) is 13.9 Å². The molecule has 2 rings (SSSR count). The summed E-state index contributed by atoms with van der Waals surface area (Å²) in [6.45, 7) is 1.58. The van der Waals surface area contributed by atoms with Crippen LogP contribution in [0.3, 0.4) is 0 Å². The largest absolute Gasteiger partial charge is 0.389 e. The highest BCUT2D eigenvalue weighted by molar-refractivity contribution is 9.10. The van der Waals surface area contributed by atoms with Crippen LogP contribution in [0.1, 0.15) is 18.1 Å². The standard InChI is InChI=1S/C16H15BrF2O/c1-16(20,9-11-5-3-2-4-6-11)10-12-14(18)8-7-13(17)15(12)19/h2-8,20H,9-10H2,1H3. The first-order valence-corrected chi connectivity index (χ1v) is 7.07. The molecule has 0 radical (unpaired) electrons. The van der Waals surface area contributed by atoms with E-state index < -0.39 is 17.2 Å². The first kappa shape index (κ1) is 15.1. The van der Waals surface area contributed by atoms with Crippen LogP contribution < -0.4 is 0 Å². The number of hydrogen-bond acceptors (Lipinski definition) is 1. The Balaban J connectivity index is 2.22. The number of hydrogen-bond donors (Lipinski definition) is 1. The van der Waals surface area contributed by atoms with Crippen molar-refractivity contribution in [3.05, 3.63) is 69.7 Å². The van der Waals surface area contributed by atoms with Crippen molar-refractivity contribution in [2.75, 3.05) is 0 Å². The van der Waals surface area contributed by atoms with Gasteiger partial charge in [-0.2, -0.15) is 0 Å². The second-order valence-electron chi connectivity index (χ2n) is 5.16. The lowest BCUT2D eigenvalue weighted by molar-refractivity contribution is 0.0589. The Morgan fingerprint density at radius 3 is 2.35 bits per heavy atom. The minimum absolute atomic E-state index is 0.0843. The van der Waals surface area contributed by atoms with E-state index in [2.05, 4.69) is 15.9 Å². The molecule has 1 N–H and O–H groups in total. The van der Waals surface area contributed by atoms with Crippen LogP contribution in [0.25, 0.3) is 0 Å². The summed E-state index contributed by atoms with van der Waals surface area (Å²) in [5.74, 6) is -1.29. The van der Waals surface area contributed by atoms with Crippen LogP contribution in [0, 0.1) is 11.6 Å². The third-order valence-corrected chi connectivity index (χ3v) is 3.74. The molecule has 0 saturated carbocycles. The summed E-state index contributed by atoms with van der Waals surface area (Å²) in [5, 5.41) is 10.4. The number of rotatable bonds is 4. The van der Waals surface area contributed by atoms with Crippen LogP contribution in [0.4, 0.5) is 8.78 Å². The fourth-order valence-electron chi connectivity index (χ4n) is 2.21. The maximum absolute atomic E-state index is 13.9. The Morgan fingerprint density at radius 2 is 1.70 bits per heavy atom. The molecule has 2 aromatic rings. The molecule has 0 aliphatic heterocycles. The lowest BCUT2D eigenvalue weighted by atomic mass is 9.89. The molecule has 1 unspecified atom stereocenters.